The Labute approximate surface area is 212 Å². The summed E-state index contributed by atoms with van der Waals surface area (Å²) in [6, 6.07) is 17.8. The lowest BCUT2D eigenvalue weighted by atomic mass is 10.2. The van der Waals surface area contributed by atoms with Crippen LogP contribution >= 0.6 is 34.4 Å². The van der Waals surface area contributed by atoms with Gasteiger partial charge in [0.25, 0.3) is 0 Å². The Kier molecular flexibility index (Phi) is 8.05. The van der Waals surface area contributed by atoms with Gasteiger partial charge in [0, 0.05) is 34.6 Å². The second-order valence-electron chi connectivity index (χ2n) is 7.46. The highest BCUT2D eigenvalue weighted by Gasteiger charge is 2.20. The van der Waals surface area contributed by atoms with E-state index in [9.17, 15) is 0 Å². The molecule has 166 valence electrons. The van der Waals surface area contributed by atoms with Gasteiger partial charge in [0.05, 0.1) is 29.3 Å². The molecule has 0 atom stereocenters. The first-order chi connectivity index (χ1) is 16.1. The van der Waals surface area contributed by atoms with Crippen LogP contribution in [0.3, 0.4) is 0 Å². The predicted octanol–water partition coefficient (Wildman–Crippen LogP) is 4.44. The van der Waals surface area contributed by atoms with Crippen LogP contribution in [0.4, 0.5) is 5.95 Å². The van der Waals surface area contributed by atoms with Crippen LogP contribution in [0.5, 0.6) is 5.88 Å². The third-order valence-corrected chi connectivity index (χ3v) is 6.83. The van der Waals surface area contributed by atoms with Crippen molar-refractivity contribution in [3.63, 3.8) is 0 Å². The zero-order valence-corrected chi connectivity index (χ0v) is 20.9. The number of aromatic nitrogens is 2. The molecule has 4 rings (SSSR count). The summed E-state index contributed by atoms with van der Waals surface area (Å²) in [6.07, 6.45) is 7.27. The first-order valence-corrected chi connectivity index (χ1v) is 12.4. The molecule has 0 radical (unpaired) electrons. The Morgan fingerprint density at radius 1 is 1.12 bits per heavy atom. The molecule has 0 N–H and O–H groups in total. The van der Waals surface area contributed by atoms with Gasteiger partial charge >= 0.3 is 0 Å². The van der Waals surface area contributed by atoms with E-state index in [0.29, 0.717) is 30.5 Å². The maximum absolute atomic E-state index is 9.05. The molecule has 0 bridgehead atoms. The molecule has 3 aromatic rings. The van der Waals surface area contributed by atoms with Gasteiger partial charge < -0.3 is 9.64 Å². The number of halogens is 1. The number of ether oxygens (including phenoxy) is 1. The van der Waals surface area contributed by atoms with E-state index in [-0.39, 0.29) is 0 Å². The van der Waals surface area contributed by atoms with E-state index >= 15 is 0 Å². The largest absolute Gasteiger partial charge is 0.472 e. The summed E-state index contributed by atoms with van der Waals surface area (Å²) in [7, 11) is 0. The molecule has 0 unspecified atom stereocenters. The summed E-state index contributed by atoms with van der Waals surface area (Å²) in [5.41, 5.74) is 1.71. The Morgan fingerprint density at radius 2 is 1.91 bits per heavy atom. The normalized spacial score (nSPS) is 13.8. The summed E-state index contributed by atoms with van der Waals surface area (Å²) in [6.45, 7) is 4.49. The third-order valence-electron chi connectivity index (χ3n) is 5.16. The number of benzene rings is 2. The monoisotopic (exact) mass is 567 g/mol. The lowest BCUT2D eigenvalue weighted by Gasteiger charge is -2.33. The number of rotatable bonds is 7. The molecule has 8 heteroatoms. The summed E-state index contributed by atoms with van der Waals surface area (Å²) in [5, 5.41) is 9.05. The van der Waals surface area contributed by atoms with Crippen molar-refractivity contribution in [1.82, 2.24) is 14.9 Å². The smallest absolute Gasteiger partial charge is 0.232 e. The predicted molar refractivity (Wildman–Crippen MR) is 138 cm³/mol. The van der Waals surface area contributed by atoms with Crippen LogP contribution in [0.25, 0.3) is 0 Å². The molecule has 0 saturated carbocycles. The van der Waals surface area contributed by atoms with Crippen LogP contribution in [0.2, 0.25) is 0 Å². The highest BCUT2D eigenvalue weighted by atomic mass is 127. The number of hydrogen-bond acceptors (Lipinski definition) is 7. The van der Waals surface area contributed by atoms with Crippen molar-refractivity contribution in [2.24, 2.45) is 0 Å². The molecule has 33 heavy (non-hydrogen) atoms. The van der Waals surface area contributed by atoms with E-state index in [1.807, 2.05) is 30.5 Å². The van der Waals surface area contributed by atoms with Crippen LogP contribution in [0.15, 0.2) is 64.5 Å². The van der Waals surface area contributed by atoms with Crippen molar-refractivity contribution >= 4 is 40.3 Å². The molecule has 1 aromatic heterocycles. The van der Waals surface area contributed by atoms with E-state index < -0.39 is 0 Å². The molecule has 1 aliphatic rings. The van der Waals surface area contributed by atoms with Gasteiger partial charge in [-0.25, -0.2) is 4.98 Å². The topological polar surface area (TPSA) is 65.3 Å². The van der Waals surface area contributed by atoms with E-state index in [1.54, 1.807) is 12.1 Å². The summed E-state index contributed by atoms with van der Waals surface area (Å²) >= 11 is 3.82. The highest BCUT2D eigenvalue weighted by molar-refractivity contribution is 14.1. The molecule has 1 fully saturated rings. The van der Waals surface area contributed by atoms with Gasteiger partial charge in [0.1, 0.15) is 6.61 Å². The van der Waals surface area contributed by atoms with Crippen molar-refractivity contribution in [3.05, 3.63) is 69.4 Å². The molecule has 1 aliphatic heterocycles. The van der Waals surface area contributed by atoms with Gasteiger partial charge in [-0.2, -0.15) is 10.2 Å². The second kappa shape index (κ2) is 11.4. The standard InChI is InChI=1S/C25H22IN5OS/c1-2-10-30-11-13-31(14-12-30)25-28-17-23(33-22-8-6-19(16-27)7-9-22)24(29-25)32-18-20-4-3-5-21(26)15-20/h1,3-9,15,17H,10-14,18H2. The molecule has 1 saturated heterocycles. The fraction of sp³-hybridized carbons (Fsp3) is 0.240. The fourth-order valence-corrected chi connectivity index (χ4v) is 4.84. The summed E-state index contributed by atoms with van der Waals surface area (Å²) in [4.78, 5) is 15.7. The van der Waals surface area contributed by atoms with Gasteiger partial charge in [-0.3, -0.25) is 4.90 Å². The summed E-state index contributed by atoms with van der Waals surface area (Å²) < 4.78 is 7.36. The van der Waals surface area contributed by atoms with Crippen molar-refractivity contribution in [2.45, 2.75) is 16.4 Å². The maximum atomic E-state index is 9.05. The Morgan fingerprint density at radius 3 is 2.61 bits per heavy atom. The van der Waals surface area contributed by atoms with E-state index in [4.69, 9.17) is 21.4 Å². The van der Waals surface area contributed by atoms with Crippen molar-refractivity contribution in [3.8, 4) is 24.3 Å². The molecular formula is C25H22IN5OS. The highest BCUT2D eigenvalue weighted by Crippen LogP contribution is 2.35. The lowest BCUT2D eigenvalue weighted by Crippen LogP contribution is -2.47. The first kappa shape index (κ1) is 23.4. The average Bonchev–Trinajstić information content (AvgIpc) is 2.85. The Hall–Kier alpha value is -2.79. The van der Waals surface area contributed by atoms with Crippen LogP contribution in [0, 0.1) is 27.2 Å². The number of nitriles is 1. The van der Waals surface area contributed by atoms with Crippen LogP contribution in [0.1, 0.15) is 11.1 Å². The minimum Gasteiger partial charge on any atom is -0.472 e. The minimum atomic E-state index is 0.421. The molecule has 0 amide bonds. The van der Waals surface area contributed by atoms with Gasteiger partial charge in [-0.1, -0.05) is 29.8 Å². The third kappa shape index (κ3) is 6.38. The molecule has 0 aliphatic carbocycles. The van der Waals surface area contributed by atoms with E-state index in [2.05, 4.69) is 61.5 Å². The van der Waals surface area contributed by atoms with Crippen LogP contribution in [-0.4, -0.2) is 47.6 Å². The zero-order chi connectivity index (χ0) is 23.0. The quantitative estimate of drug-likeness (QED) is 0.309. The van der Waals surface area contributed by atoms with Crippen molar-refractivity contribution in [1.29, 1.82) is 5.26 Å². The maximum Gasteiger partial charge on any atom is 0.232 e. The zero-order valence-electron chi connectivity index (χ0n) is 17.9. The van der Waals surface area contributed by atoms with Gasteiger partial charge in [-0.05, 0) is 64.6 Å². The Bertz CT molecular complexity index is 1180. The van der Waals surface area contributed by atoms with Gasteiger partial charge in [-0.15, -0.1) is 6.42 Å². The molecule has 6 nitrogen and oxygen atoms in total. The second-order valence-corrected chi connectivity index (χ2v) is 9.82. The van der Waals surface area contributed by atoms with E-state index in [0.717, 1.165) is 45.1 Å². The number of hydrogen-bond donors (Lipinski definition) is 0. The van der Waals surface area contributed by atoms with Crippen LogP contribution in [-0.2, 0) is 6.61 Å². The molecule has 2 heterocycles. The van der Waals surface area contributed by atoms with Crippen molar-refractivity contribution in [2.75, 3.05) is 37.6 Å². The molecule has 2 aromatic carbocycles. The number of terminal acetylenes is 1. The van der Waals surface area contributed by atoms with E-state index in [1.165, 1.54) is 11.8 Å². The minimum absolute atomic E-state index is 0.421. The van der Waals surface area contributed by atoms with Crippen molar-refractivity contribution < 1.29 is 4.74 Å². The molecule has 0 spiro atoms. The number of piperazine rings is 1. The molecular weight excluding hydrogens is 545 g/mol. The first-order valence-electron chi connectivity index (χ1n) is 10.5. The fourth-order valence-electron chi connectivity index (χ4n) is 3.41. The Balaban J connectivity index is 1.55. The lowest BCUT2D eigenvalue weighted by molar-refractivity contribution is 0.278. The van der Waals surface area contributed by atoms with Gasteiger partial charge in [0.15, 0.2) is 0 Å². The van der Waals surface area contributed by atoms with Gasteiger partial charge in [0.2, 0.25) is 11.8 Å². The SMILES string of the molecule is C#CCN1CCN(c2ncc(Sc3ccc(C#N)cc3)c(OCc3cccc(I)c3)n2)CC1. The number of anilines is 1. The average molecular weight is 567 g/mol. The van der Waals surface area contributed by atoms with Crippen LogP contribution < -0.4 is 9.64 Å². The summed E-state index contributed by atoms with van der Waals surface area (Å²) in [5.74, 6) is 3.93. The number of nitrogens with zero attached hydrogens (tertiary/aromatic N) is 5.